The average Bonchev–Trinajstić information content (AvgIpc) is 3.08. The van der Waals surface area contributed by atoms with Gasteiger partial charge < -0.3 is 14.8 Å². The number of ether oxygens (including phenoxy) is 2. The van der Waals surface area contributed by atoms with Crippen LogP contribution < -0.4 is 10.1 Å². The van der Waals surface area contributed by atoms with Crippen LogP contribution in [0.1, 0.15) is 24.0 Å². The molecule has 1 saturated heterocycles. The fraction of sp³-hybridized carbons (Fsp3) is 0.368. The molecule has 130 valence electrons. The van der Waals surface area contributed by atoms with Crippen molar-refractivity contribution in [3.63, 3.8) is 0 Å². The summed E-state index contributed by atoms with van der Waals surface area (Å²) in [5.41, 5.74) is 1.71. The Labute approximate surface area is 148 Å². The number of halogens is 2. The minimum atomic E-state index is -0.234. The molecule has 3 nitrogen and oxygen atoms in total. The molecular weight excluding hydrogens is 329 g/mol. The van der Waals surface area contributed by atoms with Gasteiger partial charge in [0.2, 0.25) is 0 Å². The number of hydrogen-bond donors (Lipinski definition) is 1. The maximum absolute atomic E-state index is 13.6. The minimum absolute atomic E-state index is 0. The molecule has 1 aliphatic heterocycles. The van der Waals surface area contributed by atoms with Crippen molar-refractivity contribution in [3.8, 4) is 5.75 Å². The highest BCUT2D eigenvalue weighted by molar-refractivity contribution is 5.85. The molecule has 0 aliphatic carbocycles. The molecule has 0 aromatic heterocycles. The fourth-order valence-electron chi connectivity index (χ4n) is 2.70. The molecule has 1 N–H and O–H groups in total. The Balaban J connectivity index is 0.00000208. The molecule has 24 heavy (non-hydrogen) atoms. The van der Waals surface area contributed by atoms with E-state index in [9.17, 15) is 4.39 Å². The number of rotatable bonds is 7. The first kappa shape index (κ1) is 18.7. The van der Waals surface area contributed by atoms with Gasteiger partial charge in [-0.2, -0.15) is 0 Å². The molecule has 1 heterocycles. The molecule has 1 fully saturated rings. The summed E-state index contributed by atoms with van der Waals surface area (Å²) in [5.74, 6) is 0.520. The van der Waals surface area contributed by atoms with Crippen molar-refractivity contribution in [1.82, 2.24) is 5.32 Å². The molecule has 3 rings (SSSR count). The van der Waals surface area contributed by atoms with Gasteiger partial charge >= 0.3 is 0 Å². The average molecular weight is 352 g/mol. The third-order valence-electron chi connectivity index (χ3n) is 3.98. The fourth-order valence-corrected chi connectivity index (χ4v) is 2.70. The van der Waals surface area contributed by atoms with Gasteiger partial charge in [0.1, 0.15) is 18.2 Å². The van der Waals surface area contributed by atoms with E-state index >= 15 is 0 Å². The van der Waals surface area contributed by atoms with E-state index in [2.05, 4.69) is 11.4 Å². The summed E-state index contributed by atoms with van der Waals surface area (Å²) in [7, 11) is 0. The molecule has 1 aliphatic rings. The van der Waals surface area contributed by atoms with Crippen LogP contribution in [0.5, 0.6) is 5.75 Å². The third-order valence-corrected chi connectivity index (χ3v) is 3.98. The lowest BCUT2D eigenvalue weighted by atomic mass is 10.2. The van der Waals surface area contributed by atoms with Crippen LogP contribution in [0.2, 0.25) is 0 Å². The van der Waals surface area contributed by atoms with E-state index in [1.807, 2.05) is 24.3 Å². The molecule has 2 aromatic rings. The van der Waals surface area contributed by atoms with E-state index in [1.54, 1.807) is 12.1 Å². The zero-order valence-electron chi connectivity index (χ0n) is 13.5. The van der Waals surface area contributed by atoms with Crippen LogP contribution in [0, 0.1) is 5.82 Å². The highest BCUT2D eigenvalue weighted by Gasteiger charge is 2.14. The first-order valence-electron chi connectivity index (χ1n) is 8.09. The second-order valence-electron chi connectivity index (χ2n) is 5.79. The van der Waals surface area contributed by atoms with Crippen LogP contribution in [0.4, 0.5) is 4.39 Å². The van der Waals surface area contributed by atoms with E-state index in [-0.39, 0.29) is 24.8 Å². The van der Waals surface area contributed by atoms with Crippen LogP contribution in [0.25, 0.3) is 0 Å². The summed E-state index contributed by atoms with van der Waals surface area (Å²) in [6.45, 7) is 2.77. The molecule has 1 atom stereocenters. The zero-order chi connectivity index (χ0) is 15.9. The number of hydrogen-bond acceptors (Lipinski definition) is 3. The molecule has 1 unspecified atom stereocenters. The maximum atomic E-state index is 13.6. The Kier molecular flexibility index (Phi) is 7.50. The summed E-state index contributed by atoms with van der Waals surface area (Å²) < 4.78 is 24.9. The summed E-state index contributed by atoms with van der Waals surface area (Å²) >= 11 is 0. The SMILES string of the molecule is Cl.Fc1ccccc1COc1cccc(CNCC2CCCO2)c1. The van der Waals surface area contributed by atoms with Crippen LogP contribution in [0.15, 0.2) is 48.5 Å². The second-order valence-corrected chi connectivity index (χ2v) is 5.79. The summed E-state index contributed by atoms with van der Waals surface area (Å²) in [6, 6.07) is 14.6. The van der Waals surface area contributed by atoms with Crippen molar-refractivity contribution in [3.05, 3.63) is 65.5 Å². The summed E-state index contributed by atoms with van der Waals surface area (Å²) in [5, 5.41) is 3.41. The first-order valence-corrected chi connectivity index (χ1v) is 8.09. The Morgan fingerprint density at radius 2 is 2.04 bits per heavy atom. The third kappa shape index (κ3) is 5.48. The normalized spacial score (nSPS) is 16.6. The van der Waals surface area contributed by atoms with Crippen molar-refractivity contribution in [2.75, 3.05) is 13.2 Å². The van der Waals surface area contributed by atoms with E-state index in [0.717, 1.165) is 43.9 Å². The van der Waals surface area contributed by atoms with Gasteiger partial charge in [-0.1, -0.05) is 30.3 Å². The first-order chi connectivity index (χ1) is 11.3. The molecule has 0 spiro atoms. The largest absolute Gasteiger partial charge is 0.489 e. The topological polar surface area (TPSA) is 30.5 Å². The van der Waals surface area contributed by atoms with Gasteiger partial charge in [-0.15, -0.1) is 12.4 Å². The van der Waals surface area contributed by atoms with Crippen molar-refractivity contribution in [2.45, 2.75) is 32.1 Å². The lowest BCUT2D eigenvalue weighted by Crippen LogP contribution is -2.25. The summed E-state index contributed by atoms with van der Waals surface area (Å²) in [6.07, 6.45) is 2.64. The molecule has 0 saturated carbocycles. The standard InChI is InChI=1S/C19H22FNO2.ClH/c20-19-9-2-1-6-16(19)14-23-17-7-3-5-15(11-17)12-21-13-18-8-4-10-22-18;/h1-3,5-7,9,11,18,21H,4,8,10,12-14H2;1H. The van der Waals surface area contributed by atoms with Gasteiger partial charge in [0, 0.05) is 25.3 Å². The van der Waals surface area contributed by atoms with Crippen molar-refractivity contribution < 1.29 is 13.9 Å². The van der Waals surface area contributed by atoms with Gasteiger partial charge in [0.15, 0.2) is 0 Å². The second kappa shape index (κ2) is 9.62. The minimum Gasteiger partial charge on any atom is -0.489 e. The maximum Gasteiger partial charge on any atom is 0.129 e. The molecular formula is C19H23ClFNO2. The van der Waals surface area contributed by atoms with Crippen molar-refractivity contribution in [1.29, 1.82) is 0 Å². The van der Waals surface area contributed by atoms with Gasteiger partial charge in [0.05, 0.1) is 6.10 Å². The lowest BCUT2D eigenvalue weighted by Gasteiger charge is -2.12. The van der Waals surface area contributed by atoms with Gasteiger partial charge in [-0.25, -0.2) is 4.39 Å². The Hall–Kier alpha value is -1.62. The summed E-state index contributed by atoms with van der Waals surface area (Å²) in [4.78, 5) is 0. The Morgan fingerprint density at radius 1 is 1.17 bits per heavy atom. The molecule has 0 radical (unpaired) electrons. The van der Waals surface area contributed by atoms with Gasteiger partial charge in [-0.05, 0) is 36.6 Å². The highest BCUT2D eigenvalue weighted by atomic mass is 35.5. The van der Waals surface area contributed by atoms with Gasteiger partial charge in [-0.3, -0.25) is 0 Å². The molecule has 5 heteroatoms. The molecule has 0 bridgehead atoms. The monoisotopic (exact) mass is 351 g/mol. The van der Waals surface area contributed by atoms with Crippen LogP contribution in [-0.2, 0) is 17.9 Å². The molecule has 0 amide bonds. The van der Waals surface area contributed by atoms with E-state index in [0.29, 0.717) is 11.7 Å². The lowest BCUT2D eigenvalue weighted by molar-refractivity contribution is 0.110. The molecule has 2 aromatic carbocycles. The van der Waals surface area contributed by atoms with E-state index in [1.165, 1.54) is 6.07 Å². The Morgan fingerprint density at radius 3 is 2.83 bits per heavy atom. The van der Waals surface area contributed by atoms with Gasteiger partial charge in [0.25, 0.3) is 0 Å². The number of nitrogens with one attached hydrogen (secondary N) is 1. The van der Waals surface area contributed by atoms with Crippen molar-refractivity contribution in [2.24, 2.45) is 0 Å². The van der Waals surface area contributed by atoms with Crippen LogP contribution >= 0.6 is 12.4 Å². The van der Waals surface area contributed by atoms with Crippen molar-refractivity contribution >= 4 is 12.4 Å². The van der Waals surface area contributed by atoms with Crippen LogP contribution in [0.3, 0.4) is 0 Å². The zero-order valence-corrected chi connectivity index (χ0v) is 14.4. The highest BCUT2D eigenvalue weighted by Crippen LogP contribution is 2.17. The smallest absolute Gasteiger partial charge is 0.129 e. The Bertz CT molecular complexity index is 632. The van der Waals surface area contributed by atoms with E-state index < -0.39 is 0 Å². The van der Waals surface area contributed by atoms with E-state index in [4.69, 9.17) is 9.47 Å². The predicted molar refractivity (Wildman–Crippen MR) is 95.1 cm³/mol. The number of benzene rings is 2. The predicted octanol–water partition coefficient (Wildman–Crippen LogP) is 4.10. The van der Waals surface area contributed by atoms with Crippen LogP contribution in [-0.4, -0.2) is 19.3 Å². The quantitative estimate of drug-likeness (QED) is 0.814.